The largest absolute Gasteiger partial charge is 0.474 e. The molecule has 1 rings (SSSR count). The fourth-order valence-corrected chi connectivity index (χ4v) is 1.48. The molecule has 0 amide bonds. The average molecular weight is 257 g/mol. The van der Waals surface area contributed by atoms with Crippen LogP contribution >= 0.6 is 11.6 Å². The van der Waals surface area contributed by atoms with Crippen molar-refractivity contribution in [1.29, 1.82) is 0 Å². The van der Waals surface area contributed by atoms with Crippen LogP contribution < -0.4 is 10.1 Å². The first-order chi connectivity index (χ1) is 8.02. The molecule has 1 atom stereocenters. The molecule has 0 bridgehead atoms. The molecule has 1 aromatic heterocycles. The van der Waals surface area contributed by atoms with Crippen LogP contribution in [0.25, 0.3) is 0 Å². The molecule has 3 nitrogen and oxygen atoms in total. The Kier molecular flexibility index (Phi) is 5.72. The molecule has 0 fully saturated rings. The van der Waals surface area contributed by atoms with Gasteiger partial charge in [0.05, 0.1) is 6.10 Å². The number of ether oxygens (including phenoxy) is 1. The molecule has 0 aliphatic rings. The van der Waals surface area contributed by atoms with Crippen LogP contribution in [0.3, 0.4) is 0 Å². The van der Waals surface area contributed by atoms with Gasteiger partial charge in [-0.25, -0.2) is 4.98 Å². The van der Waals surface area contributed by atoms with Crippen LogP contribution in [0.4, 0.5) is 0 Å². The van der Waals surface area contributed by atoms with Crippen LogP contribution in [0.2, 0.25) is 5.02 Å². The van der Waals surface area contributed by atoms with Gasteiger partial charge < -0.3 is 10.1 Å². The average Bonchev–Trinajstić information content (AvgIpc) is 2.29. The molecule has 17 heavy (non-hydrogen) atoms. The molecule has 0 radical (unpaired) electrons. The molecule has 0 aliphatic carbocycles. The van der Waals surface area contributed by atoms with E-state index in [-0.39, 0.29) is 6.10 Å². The van der Waals surface area contributed by atoms with Crippen LogP contribution in [-0.4, -0.2) is 17.1 Å². The zero-order chi connectivity index (χ0) is 12.8. The maximum atomic E-state index is 6.13. The topological polar surface area (TPSA) is 34.1 Å². The van der Waals surface area contributed by atoms with Crippen LogP contribution in [0.1, 0.15) is 39.7 Å². The molecule has 0 saturated carbocycles. The highest BCUT2D eigenvalue weighted by atomic mass is 35.5. The number of nitrogens with one attached hydrogen (secondary N) is 1. The van der Waals surface area contributed by atoms with Gasteiger partial charge in [-0.2, -0.15) is 0 Å². The molecule has 1 N–H and O–H groups in total. The molecule has 4 heteroatoms. The molecule has 0 saturated heterocycles. The van der Waals surface area contributed by atoms with Crippen molar-refractivity contribution in [2.45, 2.75) is 52.8 Å². The van der Waals surface area contributed by atoms with E-state index in [9.17, 15) is 0 Å². The SMILES string of the molecule is CCC(C)Oc1ncc(CNC(C)C)cc1Cl. The van der Waals surface area contributed by atoms with Gasteiger partial charge in [-0.15, -0.1) is 0 Å². The first kappa shape index (κ1) is 14.3. The Morgan fingerprint density at radius 3 is 2.65 bits per heavy atom. The van der Waals surface area contributed by atoms with Crippen molar-refractivity contribution in [2.24, 2.45) is 0 Å². The fraction of sp³-hybridized carbons (Fsp3) is 0.615. The number of hydrogen-bond acceptors (Lipinski definition) is 3. The van der Waals surface area contributed by atoms with Crippen molar-refractivity contribution < 1.29 is 4.74 Å². The second-order valence-corrected chi connectivity index (χ2v) is 4.91. The summed E-state index contributed by atoms with van der Waals surface area (Å²) in [6.07, 6.45) is 2.88. The Balaban J connectivity index is 2.65. The van der Waals surface area contributed by atoms with Gasteiger partial charge >= 0.3 is 0 Å². The minimum absolute atomic E-state index is 0.139. The normalized spacial score (nSPS) is 12.8. The highest BCUT2D eigenvalue weighted by molar-refractivity contribution is 6.31. The molecule has 0 spiro atoms. The summed E-state index contributed by atoms with van der Waals surface area (Å²) < 4.78 is 5.61. The van der Waals surface area contributed by atoms with Gasteiger partial charge in [0.2, 0.25) is 5.88 Å². The Labute approximate surface area is 109 Å². The summed E-state index contributed by atoms with van der Waals surface area (Å²) in [5.74, 6) is 0.523. The van der Waals surface area contributed by atoms with Crippen molar-refractivity contribution in [3.63, 3.8) is 0 Å². The summed E-state index contributed by atoms with van der Waals surface area (Å²) in [7, 11) is 0. The van der Waals surface area contributed by atoms with E-state index >= 15 is 0 Å². The highest BCUT2D eigenvalue weighted by Gasteiger charge is 2.08. The van der Waals surface area contributed by atoms with Crippen molar-refractivity contribution in [3.8, 4) is 5.88 Å². The Hall–Kier alpha value is -0.800. The van der Waals surface area contributed by atoms with Crippen LogP contribution in [-0.2, 0) is 6.54 Å². The lowest BCUT2D eigenvalue weighted by atomic mass is 10.2. The second-order valence-electron chi connectivity index (χ2n) is 4.50. The molecule has 0 aromatic carbocycles. The number of hydrogen-bond donors (Lipinski definition) is 1. The highest BCUT2D eigenvalue weighted by Crippen LogP contribution is 2.23. The lowest BCUT2D eigenvalue weighted by Gasteiger charge is -2.14. The van der Waals surface area contributed by atoms with Crippen molar-refractivity contribution in [2.75, 3.05) is 0 Å². The summed E-state index contributed by atoms with van der Waals surface area (Å²) in [4.78, 5) is 4.25. The summed E-state index contributed by atoms with van der Waals surface area (Å²) in [5.41, 5.74) is 1.07. The third-order valence-electron chi connectivity index (χ3n) is 2.47. The predicted octanol–water partition coefficient (Wildman–Crippen LogP) is 3.41. The summed E-state index contributed by atoms with van der Waals surface area (Å²) >= 11 is 6.13. The molecular weight excluding hydrogens is 236 g/mol. The maximum Gasteiger partial charge on any atom is 0.232 e. The third-order valence-corrected chi connectivity index (χ3v) is 2.74. The summed E-state index contributed by atoms with van der Waals surface area (Å²) in [5, 5.41) is 3.90. The summed E-state index contributed by atoms with van der Waals surface area (Å²) in [6, 6.07) is 2.35. The third kappa shape index (κ3) is 4.92. The van der Waals surface area contributed by atoms with Crippen molar-refractivity contribution >= 4 is 11.6 Å². The lowest BCUT2D eigenvalue weighted by Crippen LogP contribution is -2.22. The monoisotopic (exact) mass is 256 g/mol. The van der Waals surface area contributed by atoms with E-state index in [1.54, 1.807) is 6.20 Å². The van der Waals surface area contributed by atoms with Gasteiger partial charge in [0.15, 0.2) is 0 Å². The zero-order valence-corrected chi connectivity index (χ0v) is 11.7. The van der Waals surface area contributed by atoms with E-state index in [0.29, 0.717) is 16.9 Å². The second kappa shape index (κ2) is 6.82. The standard InChI is InChI=1S/C13H21ClN2O/c1-5-10(4)17-13-12(14)6-11(8-16-13)7-15-9(2)3/h6,8-10,15H,5,7H2,1-4H3. The van der Waals surface area contributed by atoms with Gasteiger partial charge in [0.1, 0.15) is 5.02 Å². The Morgan fingerprint density at radius 2 is 2.12 bits per heavy atom. The van der Waals surface area contributed by atoms with Crippen molar-refractivity contribution in [3.05, 3.63) is 22.8 Å². The molecule has 1 unspecified atom stereocenters. The van der Waals surface area contributed by atoms with Gasteiger partial charge in [0.25, 0.3) is 0 Å². The predicted molar refractivity (Wildman–Crippen MR) is 71.6 cm³/mol. The molecule has 1 aromatic rings. The maximum absolute atomic E-state index is 6.13. The van der Waals surface area contributed by atoms with E-state index < -0.39 is 0 Å². The van der Waals surface area contributed by atoms with E-state index in [0.717, 1.165) is 18.5 Å². The Bertz CT molecular complexity index is 355. The summed E-state index contributed by atoms with van der Waals surface area (Å²) in [6.45, 7) is 9.06. The quantitative estimate of drug-likeness (QED) is 0.847. The number of rotatable bonds is 6. The zero-order valence-electron chi connectivity index (χ0n) is 11.0. The van der Waals surface area contributed by atoms with Crippen LogP contribution in [0.5, 0.6) is 5.88 Å². The minimum atomic E-state index is 0.139. The van der Waals surface area contributed by atoms with Crippen LogP contribution in [0, 0.1) is 0 Å². The van der Waals surface area contributed by atoms with Gasteiger partial charge in [-0.1, -0.05) is 32.4 Å². The van der Waals surface area contributed by atoms with Gasteiger partial charge in [-0.3, -0.25) is 0 Å². The fourth-order valence-electron chi connectivity index (χ4n) is 1.24. The number of nitrogens with zero attached hydrogens (tertiary/aromatic N) is 1. The van der Waals surface area contributed by atoms with Crippen LogP contribution in [0.15, 0.2) is 12.3 Å². The Morgan fingerprint density at radius 1 is 1.41 bits per heavy atom. The van der Waals surface area contributed by atoms with E-state index in [1.165, 1.54) is 0 Å². The lowest BCUT2D eigenvalue weighted by molar-refractivity contribution is 0.208. The number of pyridine rings is 1. The first-order valence-electron chi connectivity index (χ1n) is 6.07. The molecule has 96 valence electrons. The molecule has 0 aliphatic heterocycles. The number of aromatic nitrogens is 1. The van der Waals surface area contributed by atoms with Gasteiger partial charge in [0, 0.05) is 18.8 Å². The van der Waals surface area contributed by atoms with E-state index in [2.05, 4.69) is 31.1 Å². The molecule has 1 heterocycles. The van der Waals surface area contributed by atoms with Crippen molar-refractivity contribution in [1.82, 2.24) is 10.3 Å². The smallest absolute Gasteiger partial charge is 0.232 e. The van der Waals surface area contributed by atoms with Gasteiger partial charge in [-0.05, 0) is 25.0 Å². The minimum Gasteiger partial charge on any atom is -0.474 e. The van der Waals surface area contributed by atoms with E-state index in [1.807, 2.05) is 13.0 Å². The van der Waals surface area contributed by atoms with E-state index in [4.69, 9.17) is 16.3 Å². The number of halogens is 1. The first-order valence-corrected chi connectivity index (χ1v) is 6.45. The molecular formula is C13H21ClN2O.